The van der Waals surface area contributed by atoms with Crippen molar-refractivity contribution in [1.29, 1.82) is 0 Å². The zero-order chi connectivity index (χ0) is 17.4. The van der Waals surface area contributed by atoms with E-state index in [1.807, 2.05) is 54.0 Å². The molecule has 0 bridgehead atoms. The smallest absolute Gasteiger partial charge is 0.321 e. The second kappa shape index (κ2) is 6.23. The van der Waals surface area contributed by atoms with Crippen molar-refractivity contribution in [2.45, 2.75) is 32.7 Å². The van der Waals surface area contributed by atoms with E-state index in [9.17, 15) is 4.79 Å². The van der Waals surface area contributed by atoms with Gasteiger partial charge in [0.2, 0.25) is 0 Å². The predicted octanol–water partition coefficient (Wildman–Crippen LogP) is 3.51. The minimum atomic E-state index is -0.0934. The van der Waals surface area contributed by atoms with Crippen LogP contribution in [0, 0.1) is 13.8 Å². The van der Waals surface area contributed by atoms with Gasteiger partial charge < -0.3 is 14.6 Å². The van der Waals surface area contributed by atoms with E-state index in [4.69, 9.17) is 4.42 Å². The third-order valence-electron chi connectivity index (χ3n) is 4.54. The number of aromatic nitrogens is 3. The fraction of sp³-hybridized carbons (Fsp3) is 0.389. The highest BCUT2D eigenvalue weighted by Crippen LogP contribution is 2.23. The first-order chi connectivity index (χ1) is 12.1. The summed E-state index contributed by atoms with van der Waals surface area (Å²) >= 11 is 0. The molecule has 0 saturated carbocycles. The molecule has 1 aromatic carbocycles. The maximum Gasteiger partial charge on any atom is 0.321 e. The molecule has 1 unspecified atom stereocenters. The Kier molecular flexibility index (Phi) is 3.91. The number of hydrogen-bond acceptors (Lipinski definition) is 4. The van der Waals surface area contributed by atoms with Crippen LogP contribution >= 0.6 is 0 Å². The predicted molar refractivity (Wildman–Crippen MR) is 94.6 cm³/mol. The summed E-state index contributed by atoms with van der Waals surface area (Å²) in [5.74, 6) is 0.617. The molecule has 1 saturated heterocycles. The highest BCUT2D eigenvalue weighted by molar-refractivity contribution is 5.91. The van der Waals surface area contributed by atoms with Gasteiger partial charge in [-0.25, -0.2) is 9.78 Å². The van der Waals surface area contributed by atoms with Gasteiger partial charge in [0.25, 0.3) is 0 Å². The fourth-order valence-corrected chi connectivity index (χ4v) is 3.31. The molecule has 7 nitrogen and oxygen atoms in total. The van der Waals surface area contributed by atoms with Crippen molar-refractivity contribution in [2.24, 2.45) is 0 Å². The SMILES string of the molecule is Cc1cnn(C2CCCN(C(=O)Nc3ccc4nc(C)oc4c3)C2)c1. The minimum Gasteiger partial charge on any atom is -0.441 e. The first-order valence-corrected chi connectivity index (χ1v) is 8.52. The number of oxazole rings is 1. The Hall–Kier alpha value is -2.83. The van der Waals surface area contributed by atoms with E-state index in [0.717, 1.165) is 30.5 Å². The quantitative estimate of drug-likeness (QED) is 0.775. The molecule has 1 atom stereocenters. The van der Waals surface area contributed by atoms with E-state index >= 15 is 0 Å². The number of benzene rings is 1. The Labute approximate surface area is 145 Å². The van der Waals surface area contributed by atoms with Gasteiger partial charge in [-0.3, -0.25) is 4.68 Å². The van der Waals surface area contributed by atoms with Crippen LogP contribution in [0.2, 0.25) is 0 Å². The van der Waals surface area contributed by atoms with E-state index in [0.29, 0.717) is 23.7 Å². The largest absolute Gasteiger partial charge is 0.441 e. The summed E-state index contributed by atoms with van der Waals surface area (Å²) in [6.45, 7) is 5.25. The number of amides is 2. The Balaban J connectivity index is 1.45. The van der Waals surface area contributed by atoms with Gasteiger partial charge in [0, 0.05) is 38.0 Å². The van der Waals surface area contributed by atoms with Crippen molar-refractivity contribution in [1.82, 2.24) is 19.7 Å². The Bertz CT molecular complexity index is 913. The van der Waals surface area contributed by atoms with Crippen LogP contribution in [0.15, 0.2) is 35.0 Å². The fourth-order valence-electron chi connectivity index (χ4n) is 3.31. The van der Waals surface area contributed by atoms with Crippen LogP contribution in [0.5, 0.6) is 0 Å². The average molecular weight is 339 g/mol. The second-order valence-electron chi connectivity index (χ2n) is 6.59. The van der Waals surface area contributed by atoms with Crippen LogP contribution in [0.25, 0.3) is 11.1 Å². The number of nitrogens with one attached hydrogen (secondary N) is 1. The molecule has 2 aromatic heterocycles. The highest BCUT2D eigenvalue weighted by atomic mass is 16.3. The van der Waals surface area contributed by atoms with E-state index < -0.39 is 0 Å². The van der Waals surface area contributed by atoms with Crippen LogP contribution < -0.4 is 5.32 Å². The standard InChI is InChI=1S/C18H21N5O2/c1-12-9-19-23(10-12)15-4-3-7-22(11-15)18(24)21-14-5-6-16-17(8-14)25-13(2)20-16/h5-6,8-10,15H,3-4,7,11H2,1-2H3,(H,21,24). The number of likely N-dealkylation sites (tertiary alicyclic amines) is 1. The van der Waals surface area contributed by atoms with E-state index in [1.165, 1.54) is 0 Å². The first kappa shape index (κ1) is 15.7. The van der Waals surface area contributed by atoms with Crippen LogP contribution in [0.3, 0.4) is 0 Å². The zero-order valence-electron chi connectivity index (χ0n) is 14.4. The van der Waals surface area contributed by atoms with Gasteiger partial charge in [-0.05, 0) is 37.5 Å². The van der Waals surface area contributed by atoms with Crippen LogP contribution in [-0.2, 0) is 0 Å². The van der Waals surface area contributed by atoms with Gasteiger partial charge in [0.15, 0.2) is 11.5 Å². The number of piperidine rings is 1. The summed E-state index contributed by atoms with van der Waals surface area (Å²) in [5, 5.41) is 7.35. The molecule has 1 fully saturated rings. The monoisotopic (exact) mass is 339 g/mol. The molecule has 0 spiro atoms. The molecule has 3 aromatic rings. The van der Waals surface area contributed by atoms with E-state index in [-0.39, 0.29) is 12.1 Å². The molecule has 1 aliphatic rings. The van der Waals surface area contributed by atoms with Gasteiger partial charge in [0.1, 0.15) is 5.52 Å². The molecule has 25 heavy (non-hydrogen) atoms. The molecule has 0 radical (unpaired) electrons. The summed E-state index contributed by atoms with van der Waals surface area (Å²) in [5.41, 5.74) is 3.32. The highest BCUT2D eigenvalue weighted by Gasteiger charge is 2.25. The Morgan fingerprint density at radius 1 is 1.36 bits per heavy atom. The summed E-state index contributed by atoms with van der Waals surface area (Å²) in [6, 6.07) is 5.65. The van der Waals surface area contributed by atoms with Crippen molar-refractivity contribution in [3.8, 4) is 0 Å². The zero-order valence-corrected chi connectivity index (χ0v) is 14.4. The van der Waals surface area contributed by atoms with Gasteiger partial charge in [-0.15, -0.1) is 0 Å². The number of rotatable bonds is 2. The van der Waals surface area contributed by atoms with E-state index in [1.54, 1.807) is 0 Å². The summed E-state index contributed by atoms with van der Waals surface area (Å²) in [7, 11) is 0. The number of urea groups is 1. The summed E-state index contributed by atoms with van der Waals surface area (Å²) < 4.78 is 7.50. The summed E-state index contributed by atoms with van der Waals surface area (Å²) in [6.07, 6.45) is 5.89. The molecule has 3 heterocycles. The van der Waals surface area contributed by atoms with Crippen LogP contribution in [0.1, 0.15) is 30.3 Å². The summed E-state index contributed by atoms with van der Waals surface area (Å²) in [4.78, 5) is 18.7. The van der Waals surface area contributed by atoms with Gasteiger partial charge >= 0.3 is 6.03 Å². The van der Waals surface area contributed by atoms with Gasteiger partial charge in [0.05, 0.1) is 12.2 Å². The van der Waals surface area contributed by atoms with Gasteiger partial charge in [-0.2, -0.15) is 5.10 Å². The van der Waals surface area contributed by atoms with Crippen molar-refractivity contribution in [2.75, 3.05) is 18.4 Å². The lowest BCUT2D eigenvalue weighted by atomic mass is 10.1. The molecule has 0 aliphatic carbocycles. The Morgan fingerprint density at radius 3 is 3.04 bits per heavy atom. The lowest BCUT2D eigenvalue weighted by molar-refractivity contribution is 0.175. The third kappa shape index (κ3) is 3.22. The number of anilines is 1. The molecular weight excluding hydrogens is 318 g/mol. The molecule has 4 rings (SSSR count). The van der Waals surface area contributed by atoms with Crippen LogP contribution in [-0.4, -0.2) is 38.8 Å². The lowest BCUT2D eigenvalue weighted by Gasteiger charge is -2.32. The molecule has 1 aliphatic heterocycles. The molecular formula is C18H21N5O2. The second-order valence-corrected chi connectivity index (χ2v) is 6.59. The number of carbonyl (C=O) groups is 1. The number of nitrogens with zero attached hydrogens (tertiary/aromatic N) is 4. The normalized spacial score (nSPS) is 17.8. The van der Waals surface area contributed by atoms with Crippen molar-refractivity contribution in [3.63, 3.8) is 0 Å². The maximum atomic E-state index is 12.6. The lowest BCUT2D eigenvalue weighted by Crippen LogP contribution is -2.43. The molecule has 1 N–H and O–H groups in total. The average Bonchev–Trinajstić information content (AvgIpc) is 3.19. The first-order valence-electron chi connectivity index (χ1n) is 8.52. The number of aryl methyl sites for hydroxylation is 2. The number of carbonyl (C=O) groups excluding carboxylic acids is 1. The maximum absolute atomic E-state index is 12.6. The number of fused-ring (bicyclic) bond motifs is 1. The van der Waals surface area contributed by atoms with Crippen molar-refractivity contribution >= 4 is 22.8 Å². The topological polar surface area (TPSA) is 76.2 Å². The van der Waals surface area contributed by atoms with Crippen LogP contribution in [0.4, 0.5) is 10.5 Å². The number of hydrogen-bond donors (Lipinski definition) is 1. The third-order valence-corrected chi connectivity index (χ3v) is 4.54. The van der Waals surface area contributed by atoms with Gasteiger partial charge in [-0.1, -0.05) is 0 Å². The van der Waals surface area contributed by atoms with Crippen molar-refractivity contribution < 1.29 is 9.21 Å². The molecule has 130 valence electrons. The molecule has 2 amide bonds. The molecule has 7 heteroatoms. The Morgan fingerprint density at radius 2 is 2.24 bits per heavy atom. The van der Waals surface area contributed by atoms with Crippen molar-refractivity contribution in [3.05, 3.63) is 42.0 Å². The van der Waals surface area contributed by atoms with E-state index in [2.05, 4.69) is 15.4 Å². The minimum absolute atomic E-state index is 0.0934.